The van der Waals surface area contributed by atoms with Crippen molar-refractivity contribution in [1.82, 2.24) is 0 Å². The third-order valence-electron chi connectivity index (χ3n) is 2.20. The van der Waals surface area contributed by atoms with Crippen LogP contribution in [-0.4, -0.2) is 30.9 Å². The van der Waals surface area contributed by atoms with Gasteiger partial charge in [0.15, 0.2) is 11.3 Å². The van der Waals surface area contributed by atoms with Crippen molar-refractivity contribution in [1.29, 1.82) is 0 Å². The van der Waals surface area contributed by atoms with Crippen LogP contribution in [-0.2, 0) is 14.3 Å². The van der Waals surface area contributed by atoms with Crippen molar-refractivity contribution >= 4 is 24.2 Å². The first kappa shape index (κ1) is 16.8. The van der Waals surface area contributed by atoms with Gasteiger partial charge >= 0.3 is 5.97 Å². The lowest BCUT2D eigenvalue weighted by molar-refractivity contribution is -0.151. The largest absolute Gasteiger partial charge is 0.467 e. The van der Waals surface area contributed by atoms with E-state index in [0.717, 1.165) is 6.42 Å². The molecule has 0 aliphatic heterocycles. The molecule has 0 aromatic rings. The molecule has 0 aromatic heterocycles. The lowest BCUT2D eigenvalue weighted by Crippen LogP contribution is -2.54. The number of ether oxygens (including phenoxy) is 1. The van der Waals surface area contributed by atoms with Crippen molar-refractivity contribution < 1.29 is 14.3 Å². The number of hydrogen-bond acceptors (Lipinski definition) is 5. The number of rotatable bonds is 6. The zero-order valence-corrected chi connectivity index (χ0v) is 9.93. The number of methoxy groups -OCH3 is 1. The number of unbranched alkanes of at least 4 members (excludes halogenated alkanes) is 1. The number of hydrogen-bond donors (Lipinski definition) is 2. The van der Waals surface area contributed by atoms with Gasteiger partial charge in [0, 0.05) is 0 Å². The van der Waals surface area contributed by atoms with E-state index >= 15 is 0 Å². The van der Waals surface area contributed by atoms with Crippen molar-refractivity contribution in [2.24, 2.45) is 11.5 Å². The standard InChI is InChI=1S/C9H18N2O3.ClH/c1-7(12)9(11,8(13)14-2)5-3-4-6-10;/h3-6,10-11H2,1-2H3;1H/t9-;/m1./s1. The summed E-state index contributed by atoms with van der Waals surface area (Å²) >= 11 is 0. The Bertz CT molecular complexity index is 223. The second-order valence-corrected chi connectivity index (χ2v) is 3.26. The maximum atomic E-state index is 11.3. The minimum atomic E-state index is -1.50. The smallest absolute Gasteiger partial charge is 0.333 e. The van der Waals surface area contributed by atoms with Crippen LogP contribution in [0.15, 0.2) is 0 Å². The third kappa shape index (κ3) is 4.59. The Morgan fingerprint density at radius 3 is 2.20 bits per heavy atom. The second-order valence-electron chi connectivity index (χ2n) is 3.26. The number of esters is 1. The molecule has 0 spiro atoms. The number of nitrogens with two attached hydrogens (primary N) is 2. The van der Waals surface area contributed by atoms with Crippen LogP contribution in [0.3, 0.4) is 0 Å². The summed E-state index contributed by atoms with van der Waals surface area (Å²) in [7, 11) is 1.22. The van der Waals surface area contributed by atoms with E-state index in [4.69, 9.17) is 11.5 Å². The van der Waals surface area contributed by atoms with Crippen molar-refractivity contribution in [3.8, 4) is 0 Å². The van der Waals surface area contributed by atoms with Crippen molar-refractivity contribution in [2.45, 2.75) is 31.7 Å². The van der Waals surface area contributed by atoms with E-state index in [1.165, 1.54) is 14.0 Å². The van der Waals surface area contributed by atoms with Gasteiger partial charge in [0.1, 0.15) is 0 Å². The summed E-state index contributed by atoms with van der Waals surface area (Å²) in [6.07, 6.45) is 1.66. The molecule has 0 saturated carbocycles. The molecule has 0 fully saturated rings. The minimum Gasteiger partial charge on any atom is -0.467 e. The van der Waals surface area contributed by atoms with E-state index in [9.17, 15) is 9.59 Å². The summed E-state index contributed by atoms with van der Waals surface area (Å²) in [5.41, 5.74) is 9.48. The summed E-state index contributed by atoms with van der Waals surface area (Å²) in [5, 5.41) is 0. The van der Waals surface area contributed by atoms with Gasteiger partial charge < -0.3 is 16.2 Å². The van der Waals surface area contributed by atoms with E-state index in [1.807, 2.05) is 0 Å². The highest BCUT2D eigenvalue weighted by molar-refractivity contribution is 6.07. The lowest BCUT2D eigenvalue weighted by Gasteiger charge is -2.23. The molecule has 0 aromatic carbocycles. The highest BCUT2D eigenvalue weighted by Gasteiger charge is 2.39. The van der Waals surface area contributed by atoms with E-state index in [2.05, 4.69) is 4.74 Å². The predicted molar refractivity (Wildman–Crippen MR) is 59.8 cm³/mol. The summed E-state index contributed by atoms with van der Waals surface area (Å²) in [6.45, 7) is 1.81. The highest BCUT2D eigenvalue weighted by atomic mass is 35.5. The first-order valence-corrected chi connectivity index (χ1v) is 4.57. The Morgan fingerprint density at radius 2 is 1.87 bits per heavy atom. The van der Waals surface area contributed by atoms with Gasteiger partial charge in [-0.25, -0.2) is 4.79 Å². The Balaban J connectivity index is 0. The summed E-state index contributed by atoms with van der Waals surface area (Å²) in [4.78, 5) is 22.5. The molecule has 4 N–H and O–H groups in total. The molecule has 0 amide bonds. The summed E-state index contributed by atoms with van der Waals surface area (Å²) in [5.74, 6) is -1.05. The zero-order valence-electron chi connectivity index (χ0n) is 9.12. The van der Waals surface area contributed by atoms with Gasteiger partial charge in [-0.2, -0.15) is 0 Å². The molecule has 0 saturated heterocycles. The molecule has 6 heteroatoms. The number of carbonyl (C=O) groups excluding carboxylic acids is 2. The fourth-order valence-electron chi connectivity index (χ4n) is 1.15. The van der Waals surface area contributed by atoms with Crippen LogP contribution in [0.2, 0.25) is 0 Å². The molecule has 0 aliphatic rings. The number of halogens is 1. The number of ketones is 1. The Morgan fingerprint density at radius 1 is 1.33 bits per heavy atom. The van der Waals surface area contributed by atoms with E-state index < -0.39 is 11.5 Å². The van der Waals surface area contributed by atoms with Gasteiger partial charge in [-0.1, -0.05) is 0 Å². The topological polar surface area (TPSA) is 95.4 Å². The monoisotopic (exact) mass is 238 g/mol. The van der Waals surface area contributed by atoms with Crippen molar-refractivity contribution in [3.63, 3.8) is 0 Å². The van der Waals surface area contributed by atoms with Crippen LogP contribution in [0.4, 0.5) is 0 Å². The summed E-state index contributed by atoms with van der Waals surface area (Å²) < 4.78 is 4.49. The van der Waals surface area contributed by atoms with Crippen LogP contribution in [0.25, 0.3) is 0 Å². The zero-order chi connectivity index (χ0) is 11.2. The molecule has 0 rings (SSSR count). The van der Waals surface area contributed by atoms with Crippen LogP contribution in [0.5, 0.6) is 0 Å². The Labute approximate surface area is 95.9 Å². The third-order valence-corrected chi connectivity index (χ3v) is 2.20. The molecule has 0 heterocycles. The fraction of sp³-hybridized carbons (Fsp3) is 0.778. The average molecular weight is 239 g/mol. The number of Topliss-reactive ketones (excluding diaryl/α,β-unsaturated/α-hetero) is 1. The molecular formula is C9H19ClN2O3. The van der Waals surface area contributed by atoms with Crippen molar-refractivity contribution in [3.05, 3.63) is 0 Å². The van der Waals surface area contributed by atoms with Gasteiger partial charge in [-0.15, -0.1) is 12.4 Å². The van der Waals surface area contributed by atoms with Gasteiger partial charge in [-0.05, 0) is 32.7 Å². The normalized spacial score (nSPS) is 13.6. The van der Waals surface area contributed by atoms with Crippen LogP contribution >= 0.6 is 12.4 Å². The van der Waals surface area contributed by atoms with Crippen LogP contribution < -0.4 is 11.5 Å². The maximum Gasteiger partial charge on any atom is 0.333 e. The molecule has 0 unspecified atom stereocenters. The Kier molecular flexibility index (Phi) is 8.51. The summed E-state index contributed by atoms with van der Waals surface area (Å²) in [6, 6.07) is 0. The number of carbonyl (C=O) groups is 2. The van der Waals surface area contributed by atoms with Gasteiger partial charge in [0.25, 0.3) is 0 Å². The second kappa shape index (κ2) is 7.62. The first-order chi connectivity index (χ1) is 6.49. The maximum absolute atomic E-state index is 11.3. The molecule has 90 valence electrons. The van der Waals surface area contributed by atoms with Crippen LogP contribution in [0.1, 0.15) is 26.2 Å². The first-order valence-electron chi connectivity index (χ1n) is 4.57. The highest BCUT2D eigenvalue weighted by Crippen LogP contribution is 2.14. The van der Waals surface area contributed by atoms with E-state index in [0.29, 0.717) is 13.0 Å². The lowest BCUT2D eigenvalue weighted by atomic mass is 9.90. The van der Waals surface area contributed by atoms with Crippen molar-refractivity contribution in [2.75, 3.05) is 13.7 Å². The van der Waals surface area contributed by atoms with Crippen LogP contribution in [0, 0.1) is 0 Å². The predicted octanol–water partition coefficient (Wildman–Crippen LogP) is -0.00330. The Hall–Kier alpha value is -0.650. The van der Waals surface area contributed by atoms with Gasteiger partial charge in [0.05, 0.1) is 7.11 Å². The van der Waals surface area contributed by atoms with E-state index in [1.54, 1.807) is 0 Å². The minimum absolute atomic E-state index is 0. The molecule has 1 atom stereocenters. The van der Waals surface area contributed by atoms with Gasteiger partial charge in [-0.3, -0.25) is 4.79 Å². The molecule has 5 nitrogen and oxygen atoms in total. The fourth-order valence-corrected chi connectivity index (χ4v) is 1.15. The molecule has 0 radical (unpaired) electrons. The van der Waals surface area contributed by atoms with E-state index in [-0.39, 0.29) is 24.6 Å². The molecule has 0 bridgehead atoms. The quantitative estimate of drug-likeness (QED) is 0.386. The SMILES string of the molecule is COC(=O)[C@@](N)(CCCCN)C(C)=O.Cl. The molecule has 0 aliphatic carbocycles. The molecule has 15 heavy (non-hydrogen) atoms. The average Bonchev–Trinajstić information content (AvgIpc) is 2.16. The van der Waals surface area contributed by atoms with Gasteiger partial charge in [0.2, 0.25) is 0 Å². The molecular weight excluding hydrogens is 220 g/mol.